The number of nitriles is 1. The molecule has 0 amide bonds. The molecule has 0 atom stereocenters. The van der Waals surface area contributed by atoms with Crippen molar-refractivity contribution >= 4 is 17.4 Å². The van der Waals surface area contributed by atoms with Crippen LogP contribution in [0.2, 0.25) is 5.02 Å². The van der Waals surface area contributed by atoms with E-state index in [-0.39, 0.29) is 0 Å². The molecule has 0 unspecified atom stereocenters. The van der Waals surface area contributed by atoms with Crippen molar-refractivity contribution in [1.82, 2.24) is 4.98 Å². The summed E-state index contributed by atoms with van der Waals surface area (Å²) in [6, 6.07) is 3.65. The second kappa shape index (κ2) is 4.47. The number of nitrogens with zero attached hydrogens (tertiary/aromatic N) is 3. The van der Waals surface area contributed by atoms with Crippen LogP contribution in [0.25, 0.3) is 0 Å². The monoisotopic (exact) mass is 223 g/mol. The van der Waals surface area contributed by atoms with Crippen molar-refractivity contribution in [2.75, 3.05) is 31.2 Å². The van der Waals surface area contributed by atoms with Gasteiger partial charge in [-0.05, 0) is 6.07 Å². The summed E-state index contributed by atoms with van der Waals surface area (Å²) in [5, 5.41) is 9.21. The van der Waals surface area contributed by atoms with Gasteiger partial charge in [0, 0.05) is 19.3 Å². The van der Waals surface area contributed by atoms with Gasteiger partial charge >= 0.3 is 0 Å². The van der Waals surface area contributed by atoms with Gasteiger partial charge in [-0.3, -0.25) is 0 Å². The average Bonchev–Trinajstić information content (AvgIpc) is 2.30. The first-order chi connectivity index (χ1) is 7.31. The molecule has 1 aliphatic heterocycles. The molecule has 1 fully saturated rings. The highest BCUT2D eigenvalue weighted by Gasteiger charge is 2.15. The molecule has 78 valence electrons. The molecule has 0 radical (unpaired) electrons. The molecule has 0 aromatic carbocycles. The molecular formula is C10H10ClN3O. The predicted molar refractivity (Wildman–Crippen MR) is 57.0 cm³/mol. The Labute approximate surface area is 93.0 Å². The van der Waals surface area contributed by atoms with Gasteiger partial charge in [0.25, 0.3) is 0 Å². The molecule has 1 aliphatic rings. The van der Waals surface area contributed by atoms with E-state index in [2.05, 4.69) is 9.88 Å². The van der Waals surface area contributed by atoms with Gasteiger partial charge in [0.1, 0.15) is 11.9 Å². The first kappa shape index (κ1) is 10.2. The van der Waals surface area contributed by atoms with Gasteiger partial charge in [0.05, 0.1) is 23.8 Å². The third-order valence-corrected chi connectivity index (χ3v) is 2.54. The fourth-order valence-corrected chi connectivity index (χ4v) is 1.79. The molecule has 0 bridgehead atoms. The maximum atomic E-state index is 8.68. The van der Waals surface area contributed by atoms with Crippen LogP contribution in [0.15, 0.2) is 12.3 Å². The fraction of sp³-hybridized carbons (Fsp3) is 0.400. The number of ether oxygens (including phenoxy) is 1. The zero-order valence-corrected chi connectivity index (χ0v) is 8.87. The highest BCUT2D eigenvalue weighted by Crippen LogP contribution is 2.24. The van der Waals surface area contributed by atoms with Crippen LogP contribution in [-0.4, -0.2) is 31.3 Å². The molecular weight excluding hydrogens is 214 g/mol. The number of anilines is 1. The number of halogens is 1. The summed E-state index contributed by atoms with van der Waals surface area (Å²) >= 11 is 6.05. The number of aromatic nitrogens is 1. The normalized spacial score (nSPS) is 16.1. The van der Waals surface area contributed by atoms with Gasteiger partial charge in [-0.25, -0.2) is 4.98 Å². The van der Waals surface area contributed by atoms with Gasteiger partial charge in [-0.15, -0.1) is 0 Å². The molecule has 2 heterocycles. The summed E-state index contributed by atoms with van der Waals surface area (Å²) in [6.07, 6.45) is 1.54. The maximum Gasteiger partial charge on any atom is 0.147 e. The average molecular weight is 224 g/mol. The topological polar surface area (TPSA) is 49.2 Å². The van der Waals surface area contributed by atoms with Crippen molar-refractivity contribution in [3.63, 3.8) is 0 Å². The second-order valence-electron chi connectivity index (χ2n) is 3.24. The number of morpholine rings is 1. The molecule has 2 rings (SSSR count). The third kappa shape index (κ3) is 2.20. The van der Waals surface area contributed by atoms with Crippen molar-refractivity contribution in [2.24, 2.45) is 0 Å². The van der Waals surface area contributed by atoms with Crippen LogP contribution in [0.4, 0.5) is 5.82 Å². The van der Waals surface area contributed by atoms with Gasteiger partial charge in [0.15, 0.2) is 0 Å². The summed E-state index contributed by atoms with van der Waals surface area (Å²) in [5.41, 5.74) is 0.483. The lowest BCUT2D eigenvalue weighted by Crippen LogP contribution is -2.36. The molecule has 5 heteroatoms. The summed E-state index contributed by atoms with van der Waals surface area (Å²) in [6.45, 7) is 2.97. The van der Waals surface area contributed by atoms with Crippen LogP contribution in [0.1, 0.15) is 5.56 Å². The Kier molecular flexibility index (Phi) is 3.05. The highest BCUT2D eigenvalue weighted by atomic mass is 35.5. The van der Waals surface area contributed by atoms with E-state index < -0.39 is 0 Å². The summed E-state index contributed by atoms with van der Waals surface area (Å²) in [5.74, 6) is 0.735. The lowest BCUT2D eigenvalue weighted by atomic mass is 10.3. The molecule has 15 heavy (non-hydrogen) atoms. The lowest BCUT2D eigenvalue weighted by Gasteiger charge is -2.28. The Balaban J connectivity index is 2.24. The third-order valence-electron chi connectivity index (χ3n) is 2.26. The minimum absolute atomic E-state index is 0.483. The molecule has 0 saturated carbocycles. The van der Waals surface area contributed by atoms with Crippen molar-refractivity contribution in [1.29, 1.82) is 5.26 Å². The van der Waals surface area contributed by atoms with Crippen molar-refractivity contribution in [2.45, 2.75) is 0 Å². The largest absolute Gasteiger partial charge is 0.378 e. The van der Waals surface area contributed by atoms with Crippen LogP contribution in [0, 0.1) is 11.3 Å². The zero-order valence-electron chi connectivity index (χ0n) is 8.11. The van der Waals surface area contributed by atoms with E-state index in [1.54, 1.807) is 6.07 Å². The van der Waals surface area contributed by atoms with E-state index in [0.717, 1.165) is 18.9 Å². The van der Waals surface area contributed by atoms with E-state index in [9.17, 15) is 0 Å². The van der Waals surface area contributed by atoms with Gasteiger partial charge in [-0.2, -0.15) is 5.26 Å². The van der Waals surface area contributed by atoms with E-state index in [0.29, 0.717) is 23.8 Å². The Hall–Kier alpha value is -1.31. The fourth-order valence-electron chi connectivity index (χ4n) is 1.50. The quantitative estimate of drug-likeness (QED) is 0.723. The number of hydrogen-bond donors (Lipinski definition) is 0. The number of pyridine rings is 1. The van der Waals surface area contributed by atoms with Crippen molar-refractivity contribution in [3.05, 3.63) is 22.8 Å². The van der Waals surface area contributed by atoms with Crippen LogP contribution >= 0.6 is 11.6 Å². The van der Waals surface area contributed by atoms with Crippen molar-refractivity contribution < 1.29 is 4.74 Å². The van der Waals surface area contributed by atoms with Crippen LogP contribution in [0.5, 0.6) is 0 Å². The Morgan fingerprint density at radius 1 is 1.47 bits per heavy atom. The van der Waals surface area contributed by atoms with E-state index in [1.807, 2.05) is 6.07 Å². The molecule has 0 N–H and O–H groups in total. The van der Waals surface area contributed by atoms with E-state index >= 15 is 0 Å². The smallest absolute Gasteiger partial charge is 0.147 e. The summed E-state index contributed by atoms with van der Waals surface area (Å²) in [7, 11) is 0. The predicted octanol–water partition coefficient (Wildman–Crippen LogP) is 1.44. The molecule has 1 saturated heterocycles. The van der Waals surface area contributed by atoms with Crippen LogP contribution in [-0.2, 0) is 4.74 Å². The van der Waals surface area contributed by atoms with E-state index in [1.165, 1.54) is 6.20 Å². The molecule has 1 aromatic rings. The Morgan fingerprint density at radius 3 is 2.80 bits per heavy atom. The first-order valence-corrected chi connectivity index (χ1v) is 5.07. The molecule has 0 spiro atoms. The van der Waals surface area contributed by atoms with Gasteiger partial charge in [0.2, 0.25) is 0 Å². The zero-order chi connectivity index (χ0) is 10.7. The van der Waals surface area contributed by atoms with Gasteiger partial charge < -0.3 is 9.64 Å². The summed E-state index contributed by atoms with van der Waals surface area (Å²) < 4.78 is 5.24. The van der Waals surface area contributed by atoms with Crippen molar-refractivity contribution in [3.8, 4) is 6.07 Å². The van der Waals surface area contributed by atoms with Gasteiger partial charge in [-0.1, -0.05) is 11.6 Å². The van der Waals surface area contributed by atoms with E-state index in [4.69, 9.17) is 21.6 Å². The minimum atomic E-state index is 0.483. The highest BCUT2D eigenvalue weighted by molar-refractivity contribution is 6.33. The molecule has 1 aromatic heterocycles. The minimum Gasteiger partial charge on any atom is -0.378 e. The first-order valence-electron chi connectivity index (χ1n) is 4.69. The maximum absolute atomic E-state index is 8.68. The van der Waals surface area contributed by atoms with Crippen LogP contribution in [0.3, 0.4) is 0 Å². The summed E-state index contributed by atoms with van der Waals surface area (Å²) in [4.78, 5) is 6.25. The lowest BCUT2D eigenvalue weighted by molar-refractivity contribution is 0.122. The second-order valence-corrected chi connectivity index (χ2v) is 3.65. The number of hydrogen-bond acceptors (Lipinski definition) is 4. The SMILES string of the molecule is N#Cc1cnc(N2CCOCC2)c(Cl)c1. The Morgan fingerprint density at radius 2 is 2.20 bits per heavy atom. The Bertz CT molecular complexity index is 396. The number of rotatable bonds is 1. The molecule has 0 aliphatic carbocycles. The van der Waals surface area contributed by atoms with Crippen LogP contribution < -0.4 is 4.90 Å². The standard InChI is InChI=1S/C10H10ClN3O/c11-9-5-8(6-12)7-13-10(9)14-1-3-15-4-2-14/h5,7H,1-4H2. The molecule has 4 nitrogen and oxygen atoms in total.